The fourth-order valence-corrected chi connectivity index (χ4v) is 3.62. The molecule has 1 heterocycles. The van der Waals surface area contributed by atoms with Gasteiger partial charge in [0.2, 0.25) is 0 Å². The first-order valence-corrected chi connectivity index (χ1v) is 8.05. The van der Waals surface area contributed by atoms with Crippen LogP contribution in [0.1, 0.15) is 36.4 Å². The zero-order valence-corrected chi connectivity index (χ0v) is 14.5. The largest absolute Gasteiger partial charge is 0.409 e. The van der Waals surface area contributed by atoms with Crippen LogP contribution >= 0.6 is 43.2 Å². The number of carbonyl (C=O) groups excluding carboxylic acids is 1. The Balaban J connectivity index is 3.00. The summed E-state index contributed by atoms with van der Waals surface area (Å²) in [6, 6.07) is 1.73. The Hall–Kier alpha value is -0.600. The van der Waals surface area contributed by atoms with Gasteiger partial charge in [-0.15, -0.1) is 11.3 Å². The van der Waals surface area contributed by atoms with E-state index in [0.717, 1.165) is 8.26 Å². The highest BCUT2D eigenvalue weighted by atomic mass is 79.9. The number of oxime groups is 1. The molecule has 0 spiro atoms. The Kier molecular flexibility index (Phi) is 5.82. The molecular formula is C11H15Br2N3O2S. The Morgan fingerprint density at radius 3 is 2.47 bits per heavy atom. The van der Waals surface area contributed by atoms with Crippen LogP contribution in [-0.4, -0.2) is 22.5 Å². The number of nitrogens with one attached hydrogen (secondary N) is 1. The summed E-state index contributed by atoms with van der Waals surface area (Å²) in [6.45, 7) is 3.75. The number of thiophene rings is 1. The van der Waals surface area contributed by atoms with Gasteiger partial charge >= 0.3 is 0 Å². The quantitative estimate of drug-likeness (QED) is 0.300. The van der Waals surface area contributed by atoms with Crippen LogP contribution in [0.25, 0.3) is 0 Å². The van der Waals surface area contributed by atoms with E-state index in [0.29, 0.717) is 17.7 Å². The van der Waals surface area contributed by atoms with Crippen molar-refractivity contribution in [1.82, 2.24) is 5.32 Å². The van der Waals surface area contributed by atoms with Gasteiger partial charge in [-0.2, -0.15) is 0 Å². The van der Waals surface area contributed by atoms with E-state index in [1.54, 1.807) is 6.07 Å². The molecule has 1 aromatic heterocycles. The van der Waals surface area contributed by atoms with Crippen LogP contribution in [0.4, 0.5) is 0 Å². The second-order valence-corrected chi connectivity index (χ2v) is 7.19. The predicted molar refractivity (Wildman–Crippen MR) is 83.9 cm³/mol. The number of carbonyl (C=O) groups is 1. The Labute approximate surface area is 132 Å². The predicted octanol–water partition coefficient (Wildman–Crippen LogP) is 3.31. The van der Waals surface area contributed by atoms with Gasteiger partial charge in [0.25, 0.3) is 5.91 Å². The maximum Gasteiger partial charge on any atom is 0.262 e. The molecular weight excluding hydrogens is 398 g/mol. The maximum absolute atomic E-state index is 12.2. The summed E-state index contributed by atoms with van der Waals surface area (Å²) in [4.78, 5) is 12.8. The number of hydrogen-bond acceptors (Lipinski definition) is 4. The van der Waals surface area contributed by atoms with Crippen LogP contribution < -0.4 is 11.1 Å². The first-order chi connectivity index (χ1) is 8.90. The fraction of sp³-hybridized carbons (Fsp3) is 0.455. The van der Waals surface area contributed by atoms with Crippen molar-refractivity contribution in [1.29, 1.82) is 0 Å². The van der Waals surface area contributed by atoms with Gasteiger partial charge in [-0.3, -0.25) is 4.79 Å². The third kappa shape index (κ3) is 3.49. The molecule has 1 aromatic rings. The zero-order chi connectivity index (χ0) is 14.6. The first kappa shape index (κ1) is 16.5. The first-order valence-electron chi connectivity index (χ1n) is 5.65. The van der Waals surface area contributed by atoms with Gasteiger partial charge in [-0.05, 0) is 50.8 Å². The van der Waals surface area contributed by atoms with Crippen LogP contribution in [0.5, 0.6) is 0 Å². The minimum atomic E-state index is -0.825. The molecule has 0 aliphatic heterocycles. The minimum absolute atomic E-state index is 0.0144. The van der Waals surface area contributed by atoms with Gasteiger partial charge in [0.15, 0.2) is 5.84 Å². The van der Waals surface area contributed by atoms with Gasteiger partial charge in [0, 0.05) is 4.47 Å². The standard InChI is InChI=1S/C11H15Br2N3O2S/c1-3-11(4-2,10(14)16-18)15-9(17)7-5-6(12)8(13)19-7/h5,18H,3-4H2,1-2H3,(H2,14,16)(H,15,17). The number of halogens is 2. The number of amides is 1. The van der Waals surface area contributed by atoms with Crippen LogP contribution in [0.3, 0.4) is 0 Å². The smallest absolute Gasteiger partial charge is 0.262 e. The molecule has 0 unspecified atom stereocenters. The van der Waals surface area contributed by atoms with Crippen molar-refractivity contribution in [2.45, 2.75) is 32.2 Å². The van der Waals surface area contributed by atoms with Crippen LogP contribution in [0.2, 0.25) is 0 Å². The normalized spacial score (nSPS) is 12.5. The second kappa shape index (κ2) is 6.71. The Morgan fingerprint density at radius 2 is 2.11 bits per heavy atom. The van der Waals surface area contributed by atoms with Crippen molar-refractivity contribution in [3.8, 4) is 0 Å². The van der Waals surface area contributed by atoms with Gasteiger partial charge in [0.05, 0.1) is 8.66 Å². The average molecular weight is 413 g/mol. The third-order valence-electron chi connectivity index (χ3n) is 3.03. The van der Waals surface area contributed by atoms with E-state index < -0.39 is 5.54 Å². The number of rotatable bonds is 5. The highest BCUT2D eigenvalue weighted by Gasteiger charge is 2.34. The molecule has 0 saturated carbocycles. The van der Waals surface area contributed by atoms with Crippen molar-refractivity contribution < 1.29 is 10.0 Å². The summed E-state index contributed by atoms with van der Waals surface area (Å²) >= 11 is 8.00. The second-order valence-electron chi connectivity index (χ2n) is 3.96. The van der Waals surface area contributed by atoms with Gasteiger partial charge in [-0.25, -0.2) is 0 Å². The summed E-state index contributed by atoms with van der Waals surface area (Å²) in [5.41, 5.74) is 4.88. The van der Waals surface area contributed by atoms with Crippen molar-refractivity contribution in [2.24, 2.45) is 10.9 Å². The van der Waals surface area contributed by atoms with E-state index in [-0.39, 0.29) is 11.7 Å². The number of nitrogens with two attached hydrogens (primary N) is 1. The zero-order valence-electron chi connectivity index (χ0n) is 10.5. The maximum atomic E-state index is 12.2. The topological polar surface area (TPSA) is 87.7 Å². The fourth-order valence-electron chi connectivity index (χ4n) is 1.69. The highest BCUT2D eigenvalue weighted by molar-refractivity contribution is 9.13. The molecule has 0 fully saturated rings. The average Bonchev–Trinajstić information content (AvgIpc) is 2.75. The van der Waals surface area contributed by atoms with E-state index in [2.05, 4.69) is 42.3 Å². The molecule has 0 aliphatic carbocycles. The molecule has 0 radical (unpaired) electrons. The lowest BCUT2D eigenvalue weighted by molar-refractivity contribution is 0.0922. The monoisotopic (exact) mass is 411 g/mol. The molecule has 19 heavy (non-hydrogen) atoms. The molecule has 0 bridgehead atoms. The molecule has 0 aromatic carbocycles. The van der Waals surface area contributed by atoms with Crippen LogP contribution in [0, 0.1) is 0 Å². The van der Waals surface area contributed by atoms with Gasteiger partial charge < -0.3 is 16.3 Å². The summed E-state index contributed by atoms with van der Waals surface area (Å²) in [6.07, 6.45) is 1.08. The van der Waals surface area contributed by atoms with Crippen molar-refractivity contribution in [3.05, 3.63) is 19.2 Å². The Bertz CT molecular complexity index is 479. The molecule has 0 aliphatic rings. The van der Waals surface area contributed by atoms with E-state index in [1.165, 1.54) is 11.3 Å². The lowest BCUT2D eigenvalue weighted by Gasteiger charge is -2.31. The van der Waals surface area contributed by atoms with E-state index in [1.807, 2.05) is 13.8 Å². The molecule has 1 rings (SSSR count). The molecule has 1 amide bonds. The molecule has 5 nitrogen and oxygen atoms in total. The Morgan fingerprint density at radius 1 is 1.53 bits per heavy atom. The number of hydrogen-bond donors (Lipinski definition) is 3. The summed E-state index contributed by atoms with van der Waals surface area (Å²) < 4.78 is 1.67. The van der Waals surface area contributed by atoms with Gasteiger partial charge in [0.1, 0.15) is 5.54 Å². The van der Waals surface area contributed by atoms with Gasteiger partial charge in [-0.1, -0.05) is 19.0 Å². The minimum Gasteiger partial charge on any atom is -0.409 e. The summed E-state index contributed by atoms with van der Waals surface area (Å²) in [5, 5.41) is 14.8. The molecule has 106 valence electrons. The SMILES string of the molecule is CCC(CC)(NC(=O)c1cc(Br)c(Br)s1)C(N)=NO. The van der Waals surface area contributed by atoms with Crippen molar-refractivity contribution in [2.75, 3.05) is 0 Å². The lowest BCUT2D eigenvalue weighted by atomic mass is 9.91. The molecule has 8 heteroatoms. The van der Waals surface area contributed by atoms with E-state index in [4.69, 9.17) is 10.9 Å². The molecule has 0 atom stereocenters. The number of nitrogens with zero attached hydrogens (tertiary/aromatic N) is 1. The third-order valence-corrected chi connectivity index (χ3v) is 6.28. The van der Waals surface area contributed by atoms with Crippen molar-refractivity contribution >= 4 is 54.9 Å². The summed E-state index contributed by atoms with van der Waals surface area (Å²) in [7, 11) is 0. The van der Waals surface area contributed by atoms with Crippen LogP contribution in [0.15, 0.2) is 19.5 Å². The van der Waals surface area contributed by atoms with Crippen LogP contribution in [-0.2, 0) is 0 Å². The van der Waals surface area contributed by atoms with E-state index >= 15 is 0 Å². The molecule has 4 N–H and O–H groups in total. The number of amidine groups is 1. The van der Waals surface area contributed by atoms with Crippen molar-refractivity contribution in [3.63, 3.8) is 0 Å². The van der Waals surface area contributed by atoms with E-state index in [9.17, 15) is 4.79 Å². The highest BCUT2D eigenvalue weighted by Crippen LogP contribution is 2.32. The summed E-state index contributed by atoms with van der Waals surface area (Å²) in [5.74, 6) is -0.229. The molecule has 0 saturated heterocycles. The lowest BCUT2D eigenvalue weighted by Crippen LogP contribution is -2.56.